The lowest BCUT2D eigenvalue weighted by molar-refractivity contribution is 0.0697. The van der Waals surface area contributed by atoms with E-state index in [2.05, 4.69) is 4.98 Å². The number of rotatable bonds is 4. The van der Waals surface area contributed by atoms with Crippen LogP contribution in [0.5, 0.6) is 0 Å². The van der Waals surface area contributed by atoms with E-state index >= 15 is 0 Å². The van der Waals surface area contributed by atoms with E-state index in [9.17, 15) is 18.0 Å². The molecule has 1 aromatic carbocycles. The van der Waals surface area contributed by atoms with Gasteiger partial charge in [-0.3, -0.25) is 4.90 Å². The summed E-state index contributed by atoms with van der Waals surface area (Å²) in [7, 11) is -3.09. The molecule has 0 unspecified atom stereocenters. The van der Waals surface area contributed by atoms with Crippen molar-refractivity contribution >= 4 is 27.7 Å². The number of hydrogen-bond donors (Lipinski definition) is 1. The molecular formula is C18H19N3O5S. The zero-order valence-corrected chi connectivity index (χ0v) is 15.3. The average molecular weight is 389 g/mol. The van der Waals surface area contributed by atoms with Gasteiger partial charge in [-0.2, -0.15) is 0 Å². The first-order valence-electron chi connectivity index (χ1n) is 8.36. The van der Waals surface area contributed by atoms with Gasteiger partial charge in [-0.15, -0.1) is 0 Å². The van der Waals surface area contributed by atoms with E-state index in [1.165, 1.54) is 21.9 Å². The summed E-state index contributed by atoms with van der Waals surface area (Å²) in [5.41, 5.74) is 0.902. The topological polar surface area (TPSA) is 108 Å². The van der Waals surface area contributed by atoms with Gasteiger partial charge in [0.2, 0.25) is 0 Å². The normalized spacial score (nSPS) is 15.9. The molecule has 1 aliphatic rings. The molecule has 0 bridgehead atoms. The second-order valence-electron chi connectivity index (χ2n) is 6.20. The maximum absolute atomic E-state index is 13.0. The fraction of sp³-hybridized carbons (Fsp3) is 0.278. The Morgan fingerprint density at radius 3 is 2.30 bits per heavy atom. The van der Waals surface area contributed by atoms with Crippen molar-refractivity contribution in [2.45, 2.75) is 6.54 Å². The highest BCUT2D eigenvalue weighted by molar-refractivity contribution is 7.91. The first kappa shape index (κ1) is 18.8. The molecule has 1 fully saturated rings. The van der Waals surface area contributed by atoms with Gasteiger partial charge >= 0.3 is 12.0 Å². The predicted molar refractivity (Wildman–Crippen MR) is 99.4 cm³/mol. The Morgan fingerprint density at radius 1 is 1.07 bits per heavy atom. The van der Waals surface area contributed by atoms with E-state index in [1.54, 1.807) is 36.5 Å². The molecule has 0 spiro atoms. The second kappa shape index (κ2) is 7.75. The third kappa shape index (κ3) is 4.62. The zero-order valence-electron chi connectivity index (χ0n) is 14.5. The number of sulfone groups is 1. The summed E-state index contributed by atoms with van der Waals surface area (Å²) in [6.45, 7) is 0.476. The monoisotopic (exact) mass is 389 g/mol. The van der Waals surface area contributed by atoms with Crippen LogP contribution in [0.1, 0.15) is 15.9 Å². The van der Waals surface area contributed by atoms with Crippen molar-refractivity contribution in [3.05, 3.63) is 59.8 Å². The van der Waals surface area contributed by atoms with Crippen LogP contribution in [-0.4, -0.2) is 60.0 Å². The Labute approximate surface area is 157 Å². The van der Waals surface area contributed by atoms with Crippen molar-refractivity contribution in [2.75, 3.05) is 29.5 Å². The summed E-state index contributed by atoms with van der Waals surface area (Å²) in [5.74, 6) is -0.684. The van der Waals surface area contributed by atoms with Gasteiger partial charge in [0.15, 0.2) is 9.84 Å². The first-order chi connectivity index (χ1) is 12.9. The molecule has 2 heterocycles. The largest absolute Gasteiger partial charge is 0.478 e. The van der Waals surface area contributed by atoms with Gasteiger partial charge < -0.3 is 10.0 Å². The number of carboxylic acid groups (broad SMARTS) is 1. The Hall–Kier alpha value is -2.94. The molecule has 1 N–H and O–H groups in total. The maximum Gasteiger partial charge on any atom is 0.335 e. The highest BCUT2D eigenvalue weighted by Gasteiger charge is 2.29. The van der Waals surface area contributed by atoms with E-state index in [0.29, 0.717) is 5.82 Å². The Kier molecular flexibility index (Phi) is 5.41. The van der Waals surface area contributed by atoms with Gasteiger partial charge in [-0.05, 0) is 29.8 Å². The van der Waals surface area contributed by atoms with Crippen molar-refractivity contribution < 1.29 is 23.1 Å². The number of nitrogens with zero attached hydrogens (tertiary/aromatic N) is 3. The van der Waals surface area contributed by atoms with Crippen LogP contribution in [0.4, 0.5) is 10.6 Å². The van der Waals surface area contributed by atoms with Crippen LogP contribution in [0.3, 0.4) is 0 Å². The second-order valence-corrected chi connectivity index (χ2v) is 8.50. The maximum atomic E-state index is 13.0. The van der Waals surface area contributed by atoms with Crippen molar-refractivity contribution in [3.8, 4) is 0 Å². The molecule has 8 nitrogen and oxygen atoms in total. The molecule has 1 saturated heterocycles. The van der Waals surface area contributed by atoms with Gasteiger partial charge in [-0.25, -0.2) is 23.0 Å². The number of hydrogen-bond acceptors (Lipinski definition) is 5. The lowest BCUT2D eigenvalue weighted by Gasteiger charge is -2.32. The summed E-state index contributed by atoms with van der Waals surface area (Å²) < 4.78 is 23.2. The molecule has 0 atom stereocenters. The molecule has 1 aromatic heterocycles. The molecule has 2 aromatic rings. The number of anilines is 1. The minimum Gasteiger partial charge on any atom is -0.478 e. The van der Waals surface area contributed by atoms with Crippen LogP contribution in [0.15, 0.2) is 48.7 Å². The zero-order chi connectivity index (χ0) is 19.4. The van der Waals surface area contributed by atoms with Crippen LogP contribution >= 0.6 is 0 Å². The van der Waals surface area contributed by atoms with Crippen molar-refractivity contribution in [1.82, 2.24) is 9.88 Å². The SMILES string of the molecule is O=C(O)c1ccc(CN(C(=O)N2CCS(=O)(=O)CC2)c2ccccn2)cc1. The van der Waals surface area contributed by atoms with Crippen LogP contribution < -0.4 is 4.90 Å². The number of urea groups is 1. The molecule has 0 saturated carbocycles. The number of carbonyl (C=O) groups is 2. The van der Waals surface area contributed by atoms with E-state index in [0.717, 1.165) is 5.56 Å². The molecule has 0 radical (unpaired) electrons. The number of carboxylic acids is 1. The van der Waals surface area contributed by atoms with Gasteiger partial charge in [0.05, 0.1) is 23.6 Å². The molecule has 27 heavy (non-hydrogen) atoms. The molecule has 3 rings (SSSR count). The van der Waals surface area contributed by atoms with Gasteiger partial charge in [0.25, 0.3) is 0 Å². The quantitative estimate of drug-likeness (QED) is 0.852. The standard InChI is InChI=1S/C18H19N3O5S/c22-17(23)15-6-4-14(5-7-15)13-21(16-3-1-2-8-19-16)18(24)20-9-11-27(25,26)12-10-20/h1-8H,9-13H2,(H,22,23). The highest BCUT2D eigenvalue weighted by Crippen LogP contribution is 2.18. The van der Waals surface area contributed by atoms with E-state index in [1.807, 2.05) is 0 Å². The fourth-order valence-electron chi connectivity index (χ4n) is 2.77. The molecule has 142 valence electrons. The molecular weight excluding hydrogens is 370 g/mol. The summed E-state index contributed by atoms with van der Waals surface area (Å²) >= 11 is 0. The summed E-state index contributed by atoms with van der Waals surface area (Å²) in [5, 5.41) is 9.01. The predicted octanol–water partition coefficient (Wildman–Crippen LogP) is 1.64. The minimum absolute atomic E-state index is 0.0535. The van der Waals surface area contributed by atoms with Crippen LogP contribution in [0, 0.1) is 0 Å². The first-order valence-corrected chi connectivity index (χ1v) is 10.2. The average Bonchev–Trinajstić information content (AvgIpc) is 2.66. The number of aromatic nitrogens is 1. The van der Waals surface area contributed by atoms with Gasteiger partial charge in [0, 0.05) is 19.3 Å². The van der Waals surface area contributed by atoms with Crippen LogP contribution in [-0.2, 0) is 16.4 Å². The Bertz CT molecular complexity index is 915. The number of benzene rings is 1. The summed E-state index contributed by atoms with van der Waals surface area (Å²) in [6, 6.07) is 11.1. The number of amides is 2. The number of pyridine rings is 1. The third-order valence-electron chi connectivity index (χ3n) is 4.31. The lowest BCUT2D eigenvalue weighted by Crippen LogP contribution is -2.50. The van der Waals surface area contributed by atoms with Crippen molar-refractivity contribution in [1.29, 1.82) is 0 Å². The minimum atomic E-state index is -3.09. The lowest BCUT2D eigenvalue weighted by atomic mass is 10.1. The Morgan fingerprint density at radius 2 is 1.74 bits per heavy atom. The summed E-state index contributed by atoms with van der Waals surface area (Å²) in [4.78, 5) is 31.2. The summed E-state index contributed by atoms with van der Waals surface area (Å²) in [6.07, 6.45) is 1.57. The van der Waals surface area contributed by atoms with E-state index in [-0.39, 0.29) is 42.7 Å². The van der Waals surface area contributed by atoms with Crippen LogP contribution in [0.2, 0.25) is 0 Å². The smallest absolute Gasteiger partial charge is 0.335 e. The number of carbonyl (C=O) groups excluding carboxylic acids is 1. The van der Waals surface area contributed by atoms with Crippen molar-refractivity contribution in [2.24, 2.45) is 0 Å². The molecule has 0 aliphatic carbocycles. The molecule has 1 aliphatic heterocycles. The molecule has 9 heteroatoms. The highest BCUT2D eigenvalue weighted by atomic mass is 32.2. The Balaban J connectivity index is 1.83. The third-order valence-corrected chi connectivity index (χ3v) is 5.92. The fourth-order valence-corrected chi connectivity index (χ4v) is 3.97. The van der Waals surface area contributed by atoms with E-state index in [4.69, 9.17) is 5.11 Å². The van der Waals surface area contributed by atoms with Crippen LogP contribution in [0.25, 0.3) is 0 Å². The van der Waals surface area contributed by atoms with E-state index < -0.39 is 15.8 Å². The van der Waals surface area contributed by atoms with Gasteiger partial charge in [-0.1, -0.05) is 18.2 Å². The van der Waals surface area contributed by atoms with Gasteiger partial charge in [0.1, 0.15) is 5.82 Å². The number of aromatic carboxylic acids is 1. The molecule has 2 amide bonds. The van der Waals surface area contributed by atoms with Crippen molar-refractivity contribution in [3.63, 3.8) is 0 Å².